The molecule has 4 heteroatoms. The van der Waals surface area contributed by atoms with Crippen LogP contribution in [0.3, 0.4) is 0 Å². The van der Waals surface area contributed by atoms with Crippen LogP contribution in [0, 0.1) is 5.82 Å². The Morgan fingerprint density at radius 3 is 3.12 bits per heavy atom. The van der Waals surface area contributed by atoms with E-state index in [-0.39, 0.29) is 5.82 Å². The Bertz CT molecular complexity index is 515. The highest BCUT2D eigenvalue weighted by Gasteiger charge is 2.15. The standard InChI is InChI=1S/C13H15FN2O/c14-11-8-10-2-7-17-13(10)12(9-11)16-5-1-3-15-4-6-16/h2,7-9,15H,1,3-6H2. The van der Waals surface area contributed by atoms with Gasteiger partial charge in [0.15, 0.2) is 5.58 Å². The molecule has 0 radical (unpaired) electrons. The predicted molar refractivity (Wildman–Crippen MR) is 65.9 cm³/mol. The summed E-state index contributed by atoms with van der Waals surface area (Å²) in [4.78, 5) is 2.19. The number of nitrogens with zero attached hydrogens (tertiary/aromatic N) is 1. The molecule has 0 aliphatic carbocycles. The van der Waals surface area contributed by atoms with E-state index in [2.05, 4.69) is 10.2 Å². The maximum atomic E-state index is 13.5. The van der Waals surface area contributed by atoms with E-state index >= 15 is 0 Å². The van der Waals surface area contributed by atoms with Crippen LogP contribution in [0.15, 0.2) is 28.9 Å². The highest BCUT2D eigenvalue weighted by Crippen LogP contribution is 2.29. The number of fused-ring (bicyclic) bond motifs is 1. The van der Waals surface area contributed by atoms with Crippen LogP contribution in [0.25, 0.3) is 11.0 Å². The zero-order valence-electron chi connectivity index (χ0n) is 9.58. The minimum Gasteiger partial charge on any atom is -0.462 e. The molecule has 0 bridgehead atoms. The quantitative estimate of drug-likeness (QED) is 0.821. The molecule has 3 nitrogen and oxygen atoms in total. The van der Waals surface area contributed by atoms with Crippen LogP contribution in [0.5, 0.6) is 0 Å². The van der Waals surface area contributed by atoms with Crippen molar-refractivity contribution < 1.29 is 8.81 Å². The van der Waals surface area contributed by atoms with Crippen LogP contribution in [-0.2, 0) is 0 Å². The third kappa shape index (κ3) is 2.00. The molecule has 0 spiro atoms. The summed E-state index contributed by atoms with van der Waals surface area (Å²) < 4.78 is 19.0. The third-order valence-corrected chi connectivity index (χ3v) is 3.18. The van der Waals surface area contributed by atoms with Gasteiger partial charge in [-0.15, -0.1) is 0 Å². The van der Waals surface area contributed by atoms with E-state index in [1.807, 2.05) is 0 Å². The van der Waals surface area contributed by atoms with Crippen molar-refractivity contribution in [1.29, 1.82) is 0 Å². The van der Waals surface area contributed by atoms with E-state index in [9.17, 15) is 4.39 Å². The Morgan fingerprint density at radius 1 is 1.24 bits per heavy atom. The molecular formula is C13H15FN2O. The van der Waals surface area contributed by atoms with Gasteiger partial charge in [-0.3, -0.25) is 0 Å². The first kappa shape index (κ1) is 10.6. The predicted octanol–water partition coefficient (Wildman–Crippen LogP) is 2.37. The minimum atomic E-state index is -0.203. The van der Waals surface area contributed by atoms with Gasteiger partial charge in [0, 0.05) is 31.1 Å². The number of rotatable bonds is 1. The number of benzene rings is 1. The second-order valence-corrected chi connectivity index (χ2v) is 4.35. The van der Waals surface area contributed by atoms with Gasteiger partial charge in [0.05, 0.1) is 12.0 Å². The van der Waals surface area contributed by atoms with Crippen LogP contribution in [0.1, 0.15) is 6.42 Å². The Balaban J connectivity index is 2.05. The van der Waals surface area contributed by atoms with Crippen LogP contribution >= 0.6 is 0 Å². The minimum absolute atomic E-state index is 0.203. The topological polar surface area (TPSA) is 28.4 Å². The van der Waals surface area contributed by atoms with Crippen molar-refractivity contribution >= 4 is 16.7 Å². The SMILES string of the molecule is Fc1cc(N2CCCNCC2)c2occc2c1. The molecule has 1 fully saturated rings. The number of hydrogen-bond acceptors (Lipinski definition) is 3. The van der Waals surface area contributed by atoms with Gasteiger partial charge in [0.2, 0.25) is 0 Å². The van der Waals surface area contributed by atoms with Gasteiger partial charge in [-0.05, 0) is 25.1 Å². The molecule has 1 N–H and O–H groups in total. The normalized spacial score (nSPS) is 17.4. The summed E-state index contributed by atoms with van der Waals surface area (Å²) in [5.41, 5.74) is 1.65. The number of halogens is 1. The molecule has 90 valence electrons. The second kappa shape index (κ2) is 4.37. The summed E-state index contributed by atoms with van der Waals surface area (Å²) in [5, 5.41) is 4.17. The first-order chi connectivity index (χ1) is 8.34. The second-order valence-electron chi connectivity index (χ2n) is 4.35. The molecule has 2 aromatic rings. The van der Waals surface area contributed by atoms with Crippen molar-refractivity contribution in [2.45, 2.75) is 6.42 Å². The average molecular weight is 234 g/mol. The highest BCUT2D eigenvalue weighted by atomic mass is 19.1. The fraction of sp³-hybridized carbons (Fsp3) is 0.385. The summed E-state index contributed by atoms with van der Waals surface area (Å²) in [6, 6.07) is 4.88. The van der Waals surface area contributed by atoms with Crippen molar-refractivity contribution in [2.75, 3.05) is 31.1 Å². The van der Waals surface area contributed by atoms with Gasteiger partial charge in [0.1, 0.15) is 5.82 Å². The molecule has 0 saturated carbocycles. The van der Waals surface area contributed by atoms with E-state index in [4.69, 9.17) is 4.42 Å². The van der Waals surface area contributed by atoms with Crippen molar-refractivity contribution in [3.63, 3.8) is 0 Å². The van der Waals surface area contributed by atoms with E-state index in [0.717, 1.165) is 49.3 Å². The highest BCUT2D eigenvalue weighted by molar-refractivity contribution is 5.89. The van der Waals surface area contributed by atoms with Crippen LogP contribution in [0.4, 0.5) is 10.1 Å². The first-order valence-electron chi connectivity index (χ1n) is 5.97. The molecular weight excluding hydrogens is 219 g/mol. The largest absolute Gasteiger partial charge is 0.462 e. The Kier molecular flexibility index (Phi) is 2.73. The lowest BCUT2D eigenvalue weighted by Crippen LogP contribution is -2.27. The first-order valence-corrected chi connectivity index (χ1v) is 5.97. The molecule has 2 heterocycles. The van der Waals surface area contributed by atoms with Gasteiger partial charge >= 0.3 is 0 Å². The molecule has 17 heavy (non-hydrogen) atoms. The van der Waals surface area contributed by atoms with Crippen molar-refractivity contribution in [3.8, 4) is 0 Å². The Morgan fingerprint density at radius 2 is 2.18 bits per heavy atom. The fourth-order valence-electron chi connectivity index (χ4n) is 2.35. The van der Waals surface area contributed by atoms with Gasteiger partial charge in [0.25, 0.3) is 0 Å². The molecule has 0 unspecified atom stereocenters. The van der Waals surface area contributed by atoms with Crippen molar-refractivity contribution in [2.24, 2.45) is 0 Å². The van der Waals surface area contributed by atoms with Gasteiger partial charge in [-0.25, -0.2) is 4.39 Å². The van der Waals surface area contributed by atoms with Crippen LogP contribution in [-0.4, -0.2) is 26.2 Å². The van der Waals surface area contributed by atoms with Gasteiger partial charge < -0.3 is 14.6 Å². The van der Waals surface area contributed by atoms with Crippen LogP contribution in [0.2, 0.25) is 0 Å². The smallest absolute Gasteiger partial charge is 0.157 e. The van der Waals surface area contributed by atoms with E-state index in [1.54, 1.807) is 18.4 Å². The summed E-state index contributed by atoms with van der Waals surface area (Å²) >= 11 is 0. The molecule has 0 atom stereocenters. The molecule has 0 amide bonds. The summed E-state index contributed by atoms with van der Waals surface area (Å²) in [5.74, 6) is -0.203. The molecule has 1 aliphatic heterocycles. The van der Waals surface area contributed by atoms with Gasteiger partial charge in [-0.1, -0.05) is 0 Å². The lowest BCUT2D eigenvalue weighted by atomic mass is 10.2. The lowest BCUT2D eigenvalue weighted by Gasteiger charge is -2.22. The van der Waals surface area contributed by atoms with E-state index < -0.39 is 0 Å². The lowest BCUT2D eigenvalue weighted by molar-refractivity contribution is 0.606. The number of anilines is 1. The summed E-state index contributed by atoms with van der Waals surface area (Å²) in [7, 11) is 0. The molecule has 1 aromatic carbocycles. The monoisotopic (exact) mass is 234 g/mol. The van der Waals surface area contributed by atoms with Crippen molar-refractivity contribution in [3.05, 3.63) is 30.3 Å². The average Bonchev–Trinajstić information content (AvgIpc) is 2.62. The zero-order valence-corrected chi connectivity index (χ0v) is 9.58. The number of furan rings is 1. The van der Waals surface area contributed by atoms with Crippen LogP contribution < -0.4 is 10.2 Å². The molecule has 3 rings (SSSR count). The zero-order chi connectivity index (χ0) is 11.7. The number of nitrogens with one attached hydrogen (secondary N) is 1. The number of hydrogen-bond donors (Lipinski definition) is 1. The maximum absolute atomic E-state index is 13.5. The van der Waals surface area contributed by atoms with Crippen molar-refractivity contribution in [1.82, 2.24) is 5.32 Å². The Labute approximate surface area is 99.2 Å². The third-order valence-electron chi connectivity index (χ3n) is 3.18. The fourth-order valence-corrected chi connectivity index (χ4v) is 2.35. The van der Waals surface area contributed by atoms with E-state index in [0.29, 0.717) is 0 Å². The Hall–Kier alpha value is -1.55. The summed E-state index contributed by atoms with van der Waals surface area (Å²) in [6.45, 7) is 3.78. The maximum Gasteiger partial charge on any atom is 0.157 e. The molecule has 1 aromatic heterocycles. The van der Waals surface area contributed by atoms with E-state index in [1.165, 1.54) is 6.07 Å². The molecule has 1 aliphatic rings. The van der Waals surface area contributed by atoms with Gasteiger partial charge in [-0.2, -0.15) is 0 Å². The summed E-state index contributed by atoms with van der Waals surface area (Å²) in [6.07, 6.45) is 2.68. The molecule has 1 saturated heterocycles.